The molecule has 21 heavy (non-hydrogen) atoms. The number of furan rings is 1. The molecule has 1 aromatic heterocycles. The van der Waals surface area contributed by atoms with E-state index in [1.165, 1.54) is 17.9 Å². The van der Waals surface area contributed by atoms with Crippen molar-refractivity contribution in [3.8, 4) is 5.75 Å². The fraction of sp³-hybridized carbons (Fsp3) is 0.353. The number of benzene rings is 1. The standard InChI is InChI=1S/C17H20O4/c1-4-17(2,3)12-5-7-13(8-6-12)21-11-15-14(16(18)19)9-10-20-15/h5-10H,4,11H2,1-3H3,(H,18,19). The summed E-state index contributed by atoms with van der Waals surface area (Å²) in [6, 6.07) is 9.30. The molecular weight excluding hydrogens is 268 g/mol. The monoisotopic (exact) mass is 288 g/mol. The Balaban J connectivity index is 2.04. The topological polar surface area (TPSA) is 59.7 Å². The minimum atomic E-state index is -1.01. The van der Waals surface area contributed by atoms with Gasteiger partial charge in [0.1, 0.15) is 17.9 Å². The zero-order valence-electron chi connectivity index (χ0n) is 12.6. The average molecular weight is 288 g/mol. The first-order chi connectivity index (χ1) is 9.94. The van der Waals surface area contributed by atoms with E-state index in [0.717, 1.165) is 6.42 Å². The maximum Gasteiger partial charge on any atom is 0.339 e. The van der Waals surface area contributed by atoms with Gasteiger partial charge in [-0.15, -0.1) is 0 Å². The summed E-state index contributed by atoms with van der Waals surface area (Å²) in [7, 11) is 0. The van der Waals surface area contributed by atoms with Crippen molar-refractivity contribution in [3.63, 3.8) is 0 Å². The van der Waals surface area contributed by atoms with Crippen LogP contribution in [-0.4, -0.2) is 11.1 Å². The number of rotatable bonds is 6. The van der Waals surface area contributed by atoms with Crippen LogP contribution in [0.1, 0.15) is 48.9 Å². The van der Waals surface area contributed by atoms with E-state index in [4.69, 9.17) is 14.3 Å². The van der Waals surface area contributed by atoms with E-state index >= 15 is 0 Å². The molecule has 0 aliphatic rings. The Hall–Kier alpha value is -2.23. The van der Waals surface area contributed by atoms with Crippen LogP contribution in [0.5, 0.6) is 5.75 Å². The third-order valence-electron chi connectivity index (χ3n) is 3.87. The minimum Gasteiger partial charge on any atom is -0.486 e. The predicted octanol–water partition coefficient (Wildman–Crippen LogP) is 4.24. The van der Waals surface area contributed by atoms with Crippen LogP contribution < -0.4 is 4.74 Å². The number of aromatic carboxylic acids is 1. The quantitative estimate of drug-likeness (QED) is 0.863. The molecule has 0 unspecified atom stereocenters. The summed E-state index contributed by atoms with van der Waals surface area (Å²) >= 11 is 0. The SMILES string of the molecule is CCC(C)(C)c1ccc(OCc2occc2C(=O)O)cc1. The molecule has 112 valence electrons. The van der Waals surface area contributed by atoms with Crippen LogP contribution in [-0.2, 0) is 12.0 Å². The van der Waals surface area contributed by atoms with Gasteiger partial charge < -0.3 is 14.3 Å². The summed E-state index contributed by atoms with van der Waals surface area (Å²) < 4.78 is 10.7. The third kappa shape index (κ3) is 3.45. The van der Waals surface area contributed by atoms with E-state index in [1.807, 2.05) is 24.3 Å². The van der Waals surface area contributed by atoms with E-state index in [9.17, 15) is 4.79 Å². The smallest absolute Gasteiger partial charge is 0.339 e. The van der Waals surface area contributed by atoms with Gasteiger partial charge in [0.25, 0.3) is 0 Å². The molecule has 1 aromatic carbocycles. The first-order valence-electron chi connectivity index (χ1n) is 6.97. The van der Waals surface area contributed by atoms with Crippen LogP contribution in [0.25, 0.3) is 0 Å². The zero-order valence-corrected chi connectivity index (χ0v) is 12.6. The Bertz CT molecular complexity index is 608. The molecule has 0 radical (unpaired) electrons. The second kappa shape index (κ2) is 6.04. The lowest BCUT2D eigenvalue weighted by Gasteiger charge is -2.23. The number of hydrogen-bond donors (Lipinski definition) is 1. The van der Waals surface area contributed by atoms with Gasteiger partial charge in [-0.3, -0.25) is 0 Å². The Morgan fingerprint density at radius 3 is 2.48 bits per heavy atom. The van der Waals surface area contributed by atoms with Crippen LogP contribution in [0.3, 0.4) is 0 Å². The number of ether oxygens (including phenoxy) is 1. The average Bonchev–Trinajstić information content (AvgIpc) is 2.94. The van der Waals surface area contributed by atoms with Gasteiger partial charge in [0.2, 0.25) is 0 Å². The van der Waals surface area contributed by atoms with Gasteiger partial charge in [-0.1, -0.05) is 32.9 Å². The molecule has 0 aliphatic heterocycles. The summed E-state index contributed by atoms with van der Waals surface area (Å²) in [5.74, 6) is 0.00116. The lowest BCUT2D eigenvalue weighted by atomic mass is 9.82. The molecular formula is C17H20O4. The first kappa shape index (κ1) is 15.2. The van der Waals surface area contributed by atoms with Crippen molar-refractivity contribution in [2.24, 2.45) is 0 Å². The van der Waals surface area contributed by atoms with E-state index in [1.54, 1.807) is 0 Å². The van der Waals surface area contributed by atoms with Gasteiger partial charge in [0, 0.05) is 0 Å². The van der Waals surface area contributed by atoms with Crippen LogP contribution >= 0.6 is 0 Å². The fourth-order valence-electron chi connectivity index (χ4n) is 2.00. The van der Waals surface area contributed by atoms with Crippen LogP contribution in [0.4, 0.5) is 0 Å². The van der Waals surface area contributed by atoms with E-state index in [2.05, 4.69) is 20.8 Å². The summed E-state index contributed by atoms with van der Waals surface area (Å²) in [4.78, 5) is 11.0. The molecule has 4 nitrogen and oxygen atoms in total. The lowest BCUT2D eigenvalue weighted by Crippen LogP contribution is -2.15. The van der Waals surface area contributed by atoms with E-state index < -0.39 is 5.97 Å². The largest absolute Gasteiger partial charge is 0.486 e. The fourth-order valence-corrected chi connectivity index (χ4v) is 2.00. The molecule has 2 aromatic rings. The van der Waals surface area contributed by atoms with Gasteiger partial charge in [0.05, 0.1) is 6.26 Å². The summed E-state index contributed by atoms with van der Waals surface area (Å²) in [6.45, 7) is 6.66. The summed E-state index contributed by atoms with van der Waals surface area (Å²) in [6.07, 6.45) is 2.41. The molecule has 0 atom stereocenters. The van der Waals surface area contributed by atoms with Crippen molar-refractivity contribution in [1.29, 1.82) is 0 Å². The van der Waals surface area contributed by atoms with Crippen LogP contribution in [0.15, 0.2) is 41.0 Å². The molecule has 0 spiro atoms. The Morgan fingerprint density at radius 1 is 1.24 bits per heavy atom. The van der Waals surface area contributed by atoms with Gasteiger partial charge in [0.15, 0.2) is 5.76 Å². The van der Waals surface area contributed by atoms with Crippen molar-refractivity contribution in [1.82, 2.24) is 0 Å². The molecule has 0 saturated heterocycles. The molecule has 0 fully saturated rings. The number of carboxylic acid groups (broad SMARTS) is 1. The van der Waals surface area contributed by atoms with Gasteiger partial charge in [-0.05, 0) is 35.6 Å². The number of hydrogen-bond acceptors (Lipinski definition) is 3. The van der Waals surface area contributed by atoms with Crippen molar-refractivity contribution >= 4 is 5.97 Å². The molecule has 0 amide bonds. The van der Waals surface area contributed by atoms with Crippen molar-refractivity contribution in [2.75, 3.05) is 0 Å². The van der Waals surface area contributed by atoms with E-state index in [-0.39, 0.29) is 17.6 Å². The van der Waals surface area contributed by atoms with Gasteiger partial charge >= 0.3 is 5.97 Å². The molecule has 1 N–H and O–H groups in total. The normalized spacial score (nSPS) is 11.4. The molecule has 2 rings (SSSR count). The van der Waals surface area contributed by atoms with Crippen molar-refractivity contribution in [3.05, 3.63) is 53.5 Å². The molecule has 1 heterocycles. The number of carboxylic acids is 1. The zero-order chi connectivity index (χ0) is 15.5. The minimum absolute atomic E-state index is 0.102. The lowest BCUT2D eigenvalue weighted by molar-refractivity contribution is 0.0692. The predicted molar refractivity (Wildman–Crippen MR) is 79.8 cm³/mol. The molecule has 0 saturated carbocycles. The summed E-state index contributed by atoms with van der Waals surface area (Å²) in [5, 5.41) is 8.99. The van der Waals surface area contributed by atoms with Gasteiger partial charge in [-0.25, -0.2) is 4.79 Å². The van der Waals surface area contributed by atoms with Crippen LogP contribution in [0.2, 0.25) is 0 Å². The number of carbonyl (C=O) groups is 1. The Morgan fingerprint density at radius 2 is 1.90 bits per heavy atom. The second-order valence-corrected chi connectivity index (χ2v) is 5.61. The first-order valence-corrected chi connectivity index (χ1v) is 6.97. The molecule has 0 aliphatic carbocycles. The highest BCUT2D eigenvalue weighted by Crippen LogP contribution is 2.28. The molecule has 0 bridgehead atoms. The highest BCUT2D eigenvalue weighted by molar-refractivity contribution is 5.88. The highest BCUT2D eigenvalue weighted by atomic mass is 16.5. The van der Waals surface area contributed by atoms with E-state index in [0.29, 0.717) is 11.5 Å². The van der Waals surface area contributed by atoms with Crippen LogP contribution in [0, 0.1) is 0 Å². The third-order valence-corrected chi connectivity index (χ3v) is 3.87. The molecule has 4 heteroatoms. The second-order valence-electron chi connectivity index (χ2n) is 5.61. The maximum atomic E-state index is 11.0. The van der Waals surface area contributed by atoms with Crippen molar-refractivity contribution in [2.45, 2.75) is 39.2 Å². The maximum absolute atomic E-state index is 11.0. The Labute approximate surface area is 124 Å². The summed E-state index contributed by atoms with van der Waals surface area (Å²) in [5.41, 5.74) is 1.52. The highest BCUT2D eigenvalue weighted by Gasteiger charge is 2.18. The van der Waals surface area contributed by atoms with Crippen molar-refractivity contribution < 1.29 is 19.1 Å². The Kier molecular flexibility index (Phi) is 4.36. The van der Waals surface area contributed by atoms with Gasteiger partial charge in [-0.2, -0.15) is 0 Å².